The summed E-state index contributed by atoms with van der Waals surface area (Å²) in [6.45, 7) is 3.19. The predicted molar refractivity (Wildman–Crippen MR) is 95.5 cm³/mol. The Bertz CT molecular complexity index is 959. The summed E-state index contributed by atoms with van der Waals surface area (Å²) in [5.74, 6) is 0.878. The summed E-state index contributed by atoms with van der Waals surface area (Å²) in [7, 11) is 0. The fraction of sp³-hybridized carbons (Fsp3) is 0.333. The smallest absolute Gasteiger partial charge is 0.275 e. The van der Waals surface area contributed by atoms with Crippen molar-refractivity contribution < 1.29 is 9.59 Å². The molecule has 4 rings (SSSR count). The molecule has 1 aliphatic rings. The van der Waals surface area contributed by atoms with E-state index in [9.17, 15) is 9.59 Å². The number of para-hydroxylation sites is 1. The highest BCUT2D eigenvalue weighted by Crippen LogP contribution is 2.27. The van der Waals surface area contributed by atoms with Crippen LogP contribution in [0.25, 0.3) is 10.9 Å². The second kappa shape index (κ2) is 6.62. The average Bonchev–Trinajstić information content (AvgIpc) is 3.37. The number of rotatable bonds is 4. The normalized spacial score (nSPS) is 17.0. The van der Waals surface area contributed by atoms with Crippen LogP contribution in [-0.2, 0) is 11.3 Å². The van der Waals surface area contributed by atoms with E-state index < -0.39 is 0 Å². The van der Waals surface area contributed by atoms with E-state index in [1.54, 1.807) is 6.20 Å². The lowest BCUT2D eigenvalue weighted by Gasteiger charge is -2.14. The number of carbonyl (C=O) groups is 2. The van der Waals surface area contributed by atoms with E-state index in [0.29, 0.717) is 25.3 Å². The zero-order valence-electron chi connectivity index (χ0n) is 14.5. The molecule has 0 radical (unpaired) electrons. The highest BCUT2D eigenvalue weighted by molar-refractivity contribution is 6.04. The largest absolute Gasteiger partial charge is 0.351 e. The first-order chi connectivity index (χ1) is 12.6. The van der Waals surface area contributed by atoms with Crippen LogP contribution >= 0.6 is 0 Å². The van der Waals surface area contributed by atoms with E-state index in [-0.39, 0.29) is 17.7 Å². The van der Waals surface area contributed by atoms with Crippen molar-refractivity contribution in [2.75, 3.05) is 13.1 Å². The molecule has 3 heterocycles. The monoisotopic (exact) mass is 352 g/mol. The number of carbonyl (C=O) groups excluding carboxylic acids is 2. The molecule has 1 saturated heterocycles. The van der Waals surface area contributed by atoms with Crippen LogP contribution in [0.2, 0.25) is 0 Å². The highest BCUT2D eigenvalue weighted by Gasteiger charge is 2.31. The number of likely N-dealkylation sites (tertiary alicyclic amines) is 1. The Kier molecular flexibility index (Phi) is 4.16. The summed E-state index contributed by atoms with van der Waals surface area (Å²) in [5.41, 5.74) is 2.19. The van der Waals surface area contributed by atoms with Crippen LogP contribution in [0.3, 0.4) is 0 Å². The Morgan fingerprint density at radius 1 is 1.35 bits per heavy atom. The van der Waals surface area contributed by atoms with Crippen molar-refractivity contribution in [2.45, 2.75) is 25.8 Å². The van der Waals surface area contributed by atoms with Crippen molar-refractivity contribution in [1.82, 2.24) is 30.4 Å². The van der Waals surface area contributed by atoms with E-state index in [1.165, 1.54) is 6.92 Å². The molecule has 1 aliphatic heterocycles. The lowest BCUT2D eigenvalue weighted by Crippen LogP contribution is -2.29. The van der Waals surface area contributed by atoms with Gasteiger partial charge in [0.05, 0.1) is 24.0 Å². The summed E-state index contributed by atoms with van der Waals surface area (Å²) >= 11 is 0. The molecule has 26 heavy (non-hydrogen) atoms. The van der Waals surface area contributed by atoms with Crippen molar-refractivity contribution >= 4 is 22.7 Å². The Morgan fingerprint density at radius 3 is 3.04 bits per heavy atom. The number of imidazole rings is 1. The molecule has 0 spiro atoms. The molecule has 0 aliphatic carbocycles. The summed E-state index contributed by atoms with van der Waals surface area (Å²) in [6.07, 6.45) is 2.58. The van der Waals surface area contributed by atoms with Gasteiger partial charge in [-0.15, -0.1) is 0 Å². The Labute approximate surface area is 150 Å². The quantitative estimate of drug-likeness (QED) is 0.662. The number of fused-ring (bicyclic) bond motifs is 1. The maximum Gasteiger partial charge on any atom is 0.275 e. The molecule has 134 valence electrons. The van der Waals surface area contributed by atoms with Crippen molar-refractivity contribution in [3.8, 4) is 0 Å². The number of H-pyrrole nitrogens is 2. The van der Waals surface area contributed by atoms with Crippen LogP contribution in [0.4, 0.5) is 0 Å². The minimum Gasteiger partial charge on any atom is -0.351 e. The van der Waals surface area contributed by atoms with Crippen LogP contribution in [0.15, 0.2) is 30.5 Å². The SMILES string of the molecule is CC(=O)NCc1cnc([C@H]2CCN(C(=O)c3n[nH]c4ccccc34)C2)[nH]1. The Hall–Kier alpha value is -3.16. The zero-order valence-corrected chi connectivity index (χ0v) is 14.5. The highest BCUT2D eigenvalue weighted by atomic mass is 16.2. The average molecular weight is 352 g/mol. The second-order valence-corrected chi connectivity index (χ2v) is 6.56. The summed E-state index contributed by atoms with van der Waals surface area (Å²) in [4.78, 5) is 33.3. The minimum absolute atomic E-state index is 0.0602. The van der Waals surface area contributed by atoms with Crippen LogP contribution in [0, 0.1) is 0 Å². The number of amides is 2. The van der Waals surface area contributed by atoms with Gasteiger partial charge >= 0.3 is 0 Å². The number of hydrogen-bond acceptors (Lipinski definition) is 4. The lowest BCUT2D eigenvalue weighted by molar-refractivity contribution is -0.119. The van der Waals surface area contributed by atoms with Crippen LogP contribution in [-0.4, -0.2) is 50.0 Å². The van der Waals surface area contributed by atoms with Crippen molar-refractivity contribution in [2.24, 2.45) is 0 Å². The topological polar surface area (TPSA) is 107 Å². The van der Waals surface area contributed by atoms with Gasteiger partial charge in [0.15, 0.2) is 5.69 Å². The molecule has 3 aromatic rings. The number of nitrogens with zero attached hydrogens (tertiary/aromatic N) is 3. The van der Waals surface area contributed by atoms with Gasteiger partial charge in [0.1, 0.15) is 5.82 Å². The van der Waals surface area contributed by atoms with Crippen LogP contribution in [0.5, 0.6) is 0 Å². The molecule has 1 fully saturated rings. The molecule has 0 bridgehead atoms. The fourth-order valence-corrected chi connectivity index (χ4v) is 3.34. The molecule has 1 aromatic carbocycles. The number of benzene rings is 1. The van der Waals surface area contributed by atoms with Crippen molar-refractivity contribution in [3.05, 3.63) is 47.7 Å². The molecule has 0 unspecified atom stereocenters. The molecule has 2 aromatic heterocycles. The van der Waals surface area contributed by atoms with Gasteiger partial charge < -0.3 is 15.2 Å². The third kappa shape index (κ3) is 3.05. The van der Waals surface area contributed by atoms with Gasteiger partial charge in [0, 0.05) is 31.3 Å². The van der Waals surface area contributed by atoms with Gasteiger partial charge in [-0.05, 0) is 12.5 Å². The third-order valence-corrected chi connectivity index (χ3v) is 4.71. The molecule has 2 amide bonds. The first-order valence-corrected chi connectivity index (χ1v) is 8.62. The molecular formula is C18H20N6O2. The van der Waals surface area contributed by atoms with Crippen LogP contribution < -0.4 is 5.32 Å². The number of aromatic amines is 2. The van der Waals surface area contributed by atoms with Crippen LogP contribution in [0.1, 0.15) is 41.3 Å². The van der Waals surface area contributed by atoms with Gasteiger partial charge in [0.25, 0.3) is 5.91 Å². The maximum atomic E-state index is 12.8. The molecule has 3 N–H and O–H groups in total. The van der Waals surface area contributed by atoms with Gasteiger partial charge in [-0.3, -0.25) is 14.7 Å². The standard InChI is InChI=1S/C18H20N6O2/c1-11(25)19-8-13-9-20-17(21-13)12-6-7-24(10-12)18(26)16-14-4-2-3-5-15(14)22-23-16/h2-5,9,12H,6-8,10H2,1H3,(H,19,25)(H,20,21)(H,22,23)/t12-/m0/s1. The maximum absolute atomic E-state index is 12.8. The van der Waals surface area contributed by atoms with Gasteiger partial charge in [0.2, 0.25) is 5.91 Å². The van der Waals surface area contributed by atoms with Gasteiger partial charge in [-0.1, -0.05) is 18.2 Å². The first kappa shape index (κ1) is 16.3. The minimum atomic E-state index is -0.0787. The van der Waals surface area contributed by atoms with E-state index in [2.05, 4.69) is 25.5 Å². The molecule has 8 nitrogen and oxygen atoms in total. The van der Waals surface area contributed by atoms with E-state index in [0.717, 1.165) is 28.8 Å². The first-order valence-electron chi connectivity index (χ1n) is 8.62. The molecule has 0 saturated carbocycles. The van der Waals surface area contributed by atoms with Crippen molar-refractivity contribution in [3.63, 3.8) is 0 Å². The van der Waals surface area contributed by atoms with E-state index in [4.69, 9.17) is 0 Å². The molecule has 8 heteroatoms. The number of aromatic nitrogens is 4. The Balaban J connectivity index is 1.45. The zero-order chi connectivity index (χ0) is 18.1. The third-order valence-electron chi connectivity index (χ3n) is 4.71. The second-order valence-electron chi connectivity index (χ2n) is 6.56. The predicted octanol–water partition coefficient (Wildman–Crippen LogP) is 1.55. The summed E-state index contributed by atoms with van der Waals surface area (Å²) < 4.78 is 0. The van der Waals surface area contributed by atoms with Crippen molar-refractivity contribution in [1.29, 1.82) is 0 Å². The number of hydrogen-bond donors (Lipinski definition) is 3. The van der Waals surface area contributed by atoms with Gasteiger partial charge in [-0.25, -0.2) is 4.98 Å². The molecular weight excluding hydrogens is 332 g/mol. The van der Waals surface area contributed by atoms with Gasteiger partial charge in [-0.2, -0.15) is 5.10 Å². The fourth-order valence-electron chi connectivity index (χ4n) is 3.34. The van der Waals surface area contributed by atoms with E-state index >= 15 is 0 Å². The Morgan fingerprint density at radius 2 is 2.19 bits per heavy atom. The molecule has 1 atom stereocenters. The van der Waals surface area contributed by atoms with E-state index in [1.807, 2.05) is 29.2 Å². The summed E-state index contributed by atoms with van der Waals surface area (Å²) in [5, 5.41) is 10.7. The summed E-state index contributed by atoms with van der Waals surface area (Å²) in [6, 6.07) is 7.63. The lowest BCUT2D eigenvalue weighted by atomic mass is 10.1. The number of nitrogens with one attached hydrogen (secondary N) is 3.